The fourth-order valence-corrected chi connectivity index (χ4v) is 3.00. The minimum atomic E-state index is -0.00490. The number of hydrogen-bond acceptors (Lipinski definition) is 3. The van der Waals surface area contributed by atoms with Crippen LogP contribution in [0.25, 0.3) is 0 Å². The normalized spacial score (nSPS) is 24.5. The molecule has 1 aliphatic heterocycles. The minimum absolute atomic E-state index is 0.00490. The number of nitrogens with one attached hydrogen (secondary N) is 1. The van der Waals surface area contributed by atoms with Gasteiger partial charge in [0.05, 0.1) is 24.8 Å². The molecule has 1 aromatic heterocycles. The maximum absolute atomic E-state index is 12.1. The van der Waals surface area contributed by atoms with E-state index >= 15 is 0 Å². The summed E-state index contributed by atoms with van der Waals surface area (Å²) in [4.78, 5) is 12.1. The molecule has 1 aliphatic carbocycles. The zero-order valence-electron chi connectivity index (χ0n) is 11.2. The van der Waals surface area contributed by atoms with Crippen molar-refractivity contribution in [1.29, 1.82) is 0 Å². The maximum Gasteiger partial charge on any atom is 0.231 e. The summed E-state index contributed by atoms with van der Waals surface area (Å²) in [6.45, 7) is 1.24. The van der Waals surface area contributed by atoms with Crippen LogP contribution in [0.5, 0.6) is 0 Å². The van der Waals surface area contributed by atoms with Gasteiger partial charge in [-0.05, 0) is 19.3 Å². The summed E-state index contributed by atoms with van der Waals surface area (Å²) < 4.78 is 7.25. The van der Waals surface area contributed by atoms with E-state index in [1.807, 2.05) is 10.7 Å². The van der Waals surface area contributed by atoms with Crippen molar-refractivity contribution in [2.75, 3.05) is 18.5 Å². The summed E-state index contributed by atoms with van der Waals surface area (Å²) in [6.07, 6.45) is 8.76. The molecule has 2 heterocycles. The first-order chi connectivity index (χ1) is 9.34. The predicted octanol–water partition coefficient (Wildman–Crippen LogP) is 2.36. The second kappa shape index (κ2) is 5.74. The van der Waals surface area contributed by atoms with E-state index in [0.29, 0.717) is 19.3 Å². The molecule has 1 saturated heterocycles. The third-order valence-electron chi connectivity index (χ3n) is 4.14. The van der Waals surface area contributed by atoms with Crippen molar-refractivity contribution in [3.63, 3.8) is 0 Å². The number of aromatic nitrogens is 2. The lowest BCUT2D eigenvalue weighted by Crippen LogP contribution is -2.25. The summed E-state index contributed by atoms with van der Waals surface area (Å²) in [6, 6.07) is 2.33. The monoisotopic (exact) mass is 263 g/mol. The minimum Gasteiger partial charge on any atom is -0.381 e. The van der Waals surface area contributed by atoms with Gasteiger partial charge in [0.25, 0.3) is 0 Å². The van der Waals surface area contributed by atoms with Gasteiger partial charge in [0.1, 0.15) is 5.82 Å². The zero-order chi connectivity index (χ0) is 13.1. The number of carbonyl (C=O) groups excluding carboxylic acids is 1. The van der Waals surface area contributed by atoms with Gasteiger partial charge in [-0.15, -0.1) is 0 Å². The molecule has 0 aromatic carbocycles. The largest absolute Gasteiger partial charge is 0.381 e. The summed E-state index contributed by atoms with van der Waals surface area (Å²) in [5, 5.41) is 7.40. The van der Waals surface area contributed by atoms with E-state index in [1.165, 1.54) is 19.3 Å². The Hall–Kier alpha value is -1.36. The Morgan fingerprint density at radius 1 is 1.32 bits per heavy atom. The number of amides is 1. The number of hydrogen-bond donors (Lipinski definition) is 1. The Labute approximate surface area is 113 Å². The highest BCUT2D eigenvalue weighted by atomic mass is 16.5. The first-order valence-corrected chi connectivity index (χ1v) is 7.27. The van der Waals surface area contributed by atoms with Gasteiger partial charge in [-0.2, -0.15) is 5.10 Å². The van der Waals surface area contributed by atoms with E-state index in [2.05, 4.69) is 10.4 Å². The van der Waals surface area contributed by atoms with Crippen LogP contribution in [-0.2, 0) is 9.53 Å². The standard InChI is InChI=1S/C14H21N3O2/c18-14(11-7-9-19-10-11)16-13-6-8-15-17(13)12-4-2-1-3-5-12/h6,8,11-12H,1-5,7,9-10H2,(H,16,18). The first-order valence-electron chi connectivity index (χ1n) is 7.27. The van der Waals surface area contributed by atoms with Crippen molar-refractivity contribution < 1.29 is 9.53 Å². The summed E-state index contributed by atoms with van der Waals surface area (Å²) in [5.41, 5.74) is 0. The Kier molecular flexibility index (Phi) is 3.82. The van der Waals surface area contributed by atoms with Crippen LogP contribution >= 0.6 is 0 Å². The number of nitrogens with zero attached hydrogens (tertiary/aromatic N) is 2. The van der Waals surface area contributed by atoms with Crippen LogP contribution in [0.15, 0.2) is 12.3 Å². The molecule has 1 N–H and O–H groups in total. The fourth-order valence-electron chi connectivity index (χ4n) is 3.00. The quantitative estimate of drug-likeness (QED) is 0.910. The molecule has 1 amide bonds. The lowest BCUT2D eigenvalue weighted by Gasteiger charge is -2.24. The topological polar surface area (TPSA) is 56.2 Å². The predicted molar refractivity (Wildman–Crippen MR) is 71.9 cm³/mol. The van der Waals surface area contributed by atoms with Crippen LogP contribution in [0.3, 0.4) is 0 Å². The Bertz CT molecular complexity index is 432. The van der Waals surface area contributed by atoms with E-state index in [4.69, 9.17) is 4.74 Å². The Morgan fingerprint density at radius 3 is 2.89 bits per heavy atom. The van der Waals surface area contributed by atoms with Gasteiger partial charge in [-0.3, -0.25) is 4.79 Å². The molecule has 0 spiro atoms. The van der Waals surface area contributed by atoms with Crippen LogP contribution < -0.4 is 5.32 Å². The number of carbonyl (C=O) groups is 1. The molecule has 1 atom stereocenters. The molecule has 5 nitrogen and oxygen atoms in total. The van der Waals surface area contributed by atoms with Crippen LogP contribution in [0, 0.1) is 5.92 Å². The van der Waals surface area contributed by atoms with Gasteiger partial charge >= 0.3 is 0 Å². The van der Waals surface area contributed by atoms with Crippen LogP contribution in [0.4, 0.5) is 5.82 Å². The molecule has 19 heavy (non-hydrogen) atoms. The van der Waals surface area contributed by atoms with E-state index < -0.39 is 0 Å². The van der Waals surface area contributed by atoms with Gasteiger partial charge in [0.2, 0.25) is 5.91 Å². The lowest BCUT2D eigenvalue weighted by atomic mass is 9.96. The molecule has 5 heteroatoms. The molecule has 2 fully saturated rings. The van der Waals surface area contributed by atoms with Crippen LogP contribution in [0.2, 0.25) is 0 Å². The van der Waals surface area contributed by atoms with E-state index in [-0.39, 0.29) is 11.8 Å². The molecule has 1 saturated carbocycles. The molecule has 2 aliphatic rings. The number of rotatable bonds is 3. The molecule has 104 valence electrons. The first kappa shape index (κ1) is 12.7. The van der Waals surface area contributed by atoms with Crippen molar-refractivity contribution in [3.05, 3.63) is 12.3 Å². The average Bonchev–Trinajstić information content (AvgIpc) is 3.11. The molecule has 0 radical (unpaired) electrons. The lowest BCUT2D eigenvalue weighted by molar-refractivity contribution is -0.119. The van der Waals surface area contributed by atoms with Gasteiger partial charge in [0.15, 0.2) is 0 Å². The van der Waals surface area contributed by atoms with Gasteiger partial charge in [-0.25, -0.2) is 4.68 Å². The molecule has 3 rings (SSSR count). The van der Waals surface area contributed by atoms with Gasteiger partial charge < -0.3 is 10.1 Å². The Balaban J connectivity index is 1.67. The SMILES string of the molecule is O=C(Nc1ccnn1C1CCCCC1)C1CCOC1. The average molecular weight is 263 g/mol. The molecular formula is C14H21N3O2. The third kappa shape index (κ3) is 2.81. The molecule has 1 unspecified atom stereocenters. The number of ether oxygens (including phenoxy) is 1. The van der Waals surface area contributed by atoms with Crippen molar-refractivity contribution in [3.8, 4) is 0 Å². The van der Waals surface area contributed by atoms with E-state index in [0.717, 1.165) is 25.1 Å². The maximum atomic E-state index is 12.1. The van der Waals surface area contributed by atoms with Crippen molar-refractivity contribution in [2.24, 2.45) is 5.92 Å². The van der Waals surface area contributed by atoms with E-state index in [1.54, 1.807) is 6.20 Å². The fraction of sp³-hybridized carbons (Fsp3) is 0.714. The van der Waals surface area contributed by atoms with Crippen LogP contribution in [-0.4, -0.2) is 28.9 Å². The Morgan fingerprint density at radius 2 is 2.16 bits per heavy atom. The summed E-state index contributed by atoms with van der Waals surface area (Å²) in [5.74, 6) is 0.897. The highest BCUT2D eigenvalue weighted by molar-refractivity contribution is 5.92. The van der Waals surface area contributed by atoms with Gasteiger partial charge in [0, 0.05) is 12.7 Å². The molecule has 0 bridgehead atoms. The summed E-state index contributed by atoms with van der Waals surface area (Å²) in [7, 11) is 0. The highest BCUT2D eigenvalue weighted by Crippen LogP contribution is 2.30. The second-order valence-electron chi connectivity index (χ2n) is 5.50. The highest BCUT2D eigenvalue weighted by Gasteiger charge is 2.25. The van der Waals surface area contributed by atoms with Crippen LogP contribution in [0.1, 0.15) is 44.6 Å². The number of anilines is 1. The third-order valence-corrected chi connectivity index (χ3v) is 4.14. The zero-order valence-corrected chi connectivity index (χ0v) is 11.2. The van der Waals surface area contributed by atoms with Gasteiger partial charge in [-0.1, -0.05) is 19.3 Å². The molecular weight excluding hydrogens is 242 g/mol. The van der Waals surface area contributed by atoms with Crippen molar-refractivity contribution in [1.82, 2.24) is 9.78 Å². The summed E-state index contributed by atoms with van der Waals surface area (Å²) >= 11 is 0. The van der Waals surface area contributed by atoms with Crippen molar-refractivity contribution >= 4 is 11.7 Å². The second-order valence-corrected chi connectivity index (χ2v) is 5.50. The van der Waals surface area contributed by atoms with E-state index in [9.17, 15) is 4.79 Å². The van der Waals surface area contributed by atoms with Crippen molar-refractivity contribution in [2.45, 2.75) is 44.6 Å². The smallest absolute Gasteiger partial charge is 0.231 e. The molecule has 1 aromatic rings.